The molecule has 0 saturated carbocycles. The molecular formula is C12H12N2OS. The van der Waals surface area contributed by atoms with Crippen molar-refractivity contribution in [3.05, 3.63) is 35.1 Å². The van der Waals surface area contributed by atoms with E-state index in [0.717, 1.165) is 16.3 Å². The van der Waals surface area contributed by atoms with Crippen LogP contribution >= 0.6 is 11.3 Å². The molecule has 82 valence electrons. The SMILES string of the molecule is CC(=O)Cc1nc(C)cc(-c2cccs2)n1. The van der Waals surface area contributed by atoms with Gasteiger partial charge in [0.25, 0.3) is 0 Å². The van der Waals surface area contributed by atoms with Gasteiger partial charge in [-0.1, -0.05) is 6.07 Å². The summed E-state index contributed by atoms with van der Waals surface area (Å²) in [6, 6.07) is 5.95. The molecule has 0 fully saturated rings. The van der Waals surface area contributed by atoms with Crippen molar-refractivity contribution < 1.29 is 4.79 Å². The molecule has 0 aliphatic carbocycles. The van der Waals surface area contributed by atoms with Crippen LogP contribution in [0.15, 0.2) is 23.6 Å². The van der Waals surface area contributed by atoms with Gasteiger partial charge < -0.3 is 0 Å². The van der Waals surface area contributed by atoms with Gasteiger partial charge in [0.1, 0.15) is 11.6 Å². The molecule has 0 spiro atoms. The van der Waals surface area contributed by atoms with Crippen LogP contribution in [0.4, 0.5) is 0 Å². The number of hydrogen-bond acceptors (Lipinski definition) is 4. The van der Waals surface area contributed by atoms with Crippen LogP contribution in [0.2, 0.25) is 0 Å². The molecule has 2 aromatic heterocycles. The quantitative estimate of drug-likeness (QED) is 0.817. The Morgan fingerprint density at radius 2 is 2.25 bits per heavy atom. The highest BCUT2D eigenvalue weighted by atomic mass is 32.1. The number of rotatable bonds is 3. The summed E-state index contributed by atoms with van der Waals surface area (Å²) in [5, 5.41) is 2.01. The number of carbonyl (C=O) groups is 1. The molecule has 16 heavy (non-hydrogen) atoms. The fourth-order valence-corrected chi connectivity index (χ4v) is 2.17. The standard InChI is InChI=1S/C12H12N2OS/c1-8-6-10(11-4-3-5-16-11)14-12(13-8)7-9(2)15/h3-6H,7H2,1-2H3. The molecule has 0 radical (unpaired) electrons. The van der Waals surface area contributed by atoms with Crippen LogP contribution in [0.3, 0.4) is 0 Å². The van der Waals surface area contributed by atoms with Crippen LogP contribution < -0.4 is 0 Å². The highest BCUT2D eigenvalue weighted by molar-refractivity contribution is 7.13. The van der Waals surface area contributed by atoms with Crippen LogP contribution in [-0.2, 0) is 11.2 Å². The minimum atomic E-state index is 0.0859. The van der Waals surface area contributed by atoms with E-state index in [9.17, 15) is 4.79 Å². The van der Waals surface area contributed by atoms with Crippen LogP contribution in [0.1, 0.15) is 18.4 Å². The molecule has 0 atom stereocenters. The van der Waals surface area contributed by atoms with E-state index >= 15 is 0 Å². The first-order valence-corrected chi connectivity index (χ1v) is 5.91. The van der Waals surface area contributed by atoms with Gasteiger partial charge in [0.2, 0.25) is 0 Å². The van der Waals surface area contributed by atoms with Gasteiger partial charge in [0.05, 0.1) is 17.0 Å². The molecule has 0 bridgehead atoms. The lowest BCUT2D eigenvalue weighted by Gasteiger charge is -2.02. The molecule has 3 nitrogen and oxygen atoms in total. The Morgan fingerprint density at radius 1 is 1.44 bits per heavy atom. The largest absolute Gasteiger partial charge is 0.300 e. The highest BCUT2D eigenvalue weighted by Crippen LogP contribution is 2.23. The third kappa shape index (κ3) is 2.52. The smallest absolute Gasteiger partial charge is 0.137 e. The van der Waals surface area contributed by atoms with E-state index in [1.54, 1.807) is 18.3 Å². The number of thiophene rings is 1. The number of aryl methyl sites for hydroxylation is 1. The second kappa shape index (κ2) is 4.53. The Morgan fingerprint density at radius 3 is 2.88 bits per heavy atom. The van der Waals surface area contributed by atoms with Gasteiger partial charge in [0, 0.05) is 5.69 Å². The van der Waals surface area contributed by atoms with Crippen molar-refractivity contribution in [3.8, 4) is 10.6 Å². The maximum atomic E-state index is 11.0. The number of Topliss-reactive ketones (excluding diaryl/α,β-unsaturated/α-hetero) is 1. The number of hydrogen-bond donors (Lipinski definition) is 0. The maximum absolute atomic E-state index is 11.0. The van der Waals surface area contributed by atoms with Crippen molar-refractivity contribution in [1.82, 2.24) is 9.97 Å². The summed E-state index contributed by atoms with van der Waals surface area (Å²) in [5.41, 5.74) is 1.80. The second-order valence-electron chi connectivity index (χ2n) is 3.67. The van der Waals surface area contributed by atoms with E-state index in [0.29, 0.717) is 12.2 Å². The van der Waals surface area contributed by atoms with Crippen molar-refractivity contribution in [3.63, 3.8) is 0 Å². The van der Waals surface area contributed by atoms with Crippen molar-refractivity contribution >= 4 is 17.1 Å². The predicted octanol–water partition coefficient (Wildman–Crippen LogP) is 2.65. The first-order chi connectivity index (χ1) is 7.65. The van der Waals surface area contributed by atoms with E-state index in [1.807, 2.05) is 30.5 Å². The molecule has 0 amide bonds. The minimum absolute atomic E-state index is 0.0859. The Bertz CT molecular complexity index is 506. The molecule has 0 aliphatic heterocycles. The molecule has 0 saturated heterocycles. The molecule has 0 aliphatic rings. The highest BCUT2D eigenvalue weighted by Gasteiger charge is 2.07. The molecule has 2 heterocycles. The Kier molecular flexibility index (Phi) is 3.10. The Labute approximate surface area is 98.2 Å². The molecule has 4 heteroatoms. The average Bonchev–Trinajstić information content (AvgIpc) is 2.67. The summed E-state index contributed by atoms with van der Waals surface area (Å²) >= 11 is 1.64. The molecule has 2 aromatic rings. The van der Waals surface area contributed by atoms with Crippen molar-refractivity contribution in [2.24, 2.45) is 0 Å². The van der Waals surface area contributed by atoms with E-state index in [2.05, 4.69) is 9.97 Å². The zero-order chi connectivity index (χ0) is 11.5. The summed E-state index contributed by atoms with van der Waals surface area (Å²) in [7, 11) is 0. The first-order valence-electron chi connectivity index (χ1n) is 5.03. The predicted molar refractivity (Wildman–Crippen MR) is 64.5 cm³/mol. The van der Waals surface area contributed by atoms with Crippen molar-refractivity contribution in [2.45, 2.75) is 20.3 Å². The lowest BCUT2D eigenvalue weighted by molar-refractivity contribution is -0.116. The number of carbonyl (C=O) groups excluding carboxylic acids is 1. The van der Waals surface area contributed by atoms with Gasteiger partial charge in [-0.25, -0.2) is 9.97 Å². The average molecular weight is 232 g/mol. The summed E-state index contributed by atoms with van der Waals surface area (Å²) in [6.45, 7) is 3.47. The third-order valence-electron chi connectivity index (χ3n) is 2.08. The van der Waals surface area contributed by atoms with Crippen LogP contribution in [0.25, 0.3) is 10.6 Å². The van der Waals surface area contributed by atoms with Crippen LogP contribution in [-0.4, -0.2) is 15.8 Å². The number of nitrogens with zero attached hydrogens (tertiary/aromatic N) is 2. The lowest BCUT2D eigenvalue weighted by Crippen LogP contribution is -2.04. The van der Waals surface area contributed by atoms with Gasteiger partial charge in [-0.15, -0.1) is 11.3 Å². The fourth-order valence-electron chi connectivity index (χ4n) is 1.48. The zero-order valence-electron chi connectivity index (χ0n) is 9.23. The second-order valence-corrected chi connectivity index (χ2v) is 4.61. The number of aromatic nitrogens is 2. The van der Waals surface area contributed by atoms with Gasteiger partial charge in [-0.05, 0) is 31.4 Å². The van der Waals surface area contributed by atoms with Gasteiger partial charge in [-0.3, -0.25) is 4.79 Å². The zero-order valence-corrected chi connectivity index (χ0v) is 10.0. The summed E-state index contributed by atoms with van der Waals surface area (Å²) in [6.07, 6.45) is 0.306. The van der Waals surface area contributed by atoms with Gasteiger partial charge in [0.15, 0.2) is 0 Å². The Hall–Kier alpha value is -1.55. The maximum Gasteiger partial charge on any atom is 0.137 e. The monoisotopic (exact) mass is 232 g/mol. The molecule has 0 unspecified atom stereocenters. The molecule has 2 rings (SSSR count). The van der Waals surface area contributed by atoms with Crippen LogP contribution in [0.5, 0.6) is 0 Å². The van der Waals surface area contributed by atoms with E-state index in [-0.39, 0.29) is 5.78 Å². The Balaban J connectivity index is 2.40. The summed E-state index contributed by atoms with van der Waals surface area (Å²) in [5.74, 6) is 0.693. The normalized spacial score (nSPS) is 10.4. The summed E-state index contributed by atoms with van der Waals surface area (Å²) < 4.78 is 0. The lowest BCUT2D eigenvalue weighted by atomic mass is 10.2. The van der Waals surface area contributed by atoms with E-state index < -0.39 is 0 Å². The van der Waals surface area contributed by atoms with Gasteiger partial charge >= 0.3 is 0 Å². The molecular weight excluding hydrogens is 220 g/mol. The summed E-state index contributed by atoms with van der Waals surface area (Å²) in [4.78, 5) is 20.8. The topological polar surface area (TPSA) is 42.9 Å². The molecule has 0 N–H and O–H groups in total. The van der Waals surface area contributed by atoms with Crippen LogP contribution in [0, 0.1) is 6.92 Å². The minimum Gasteiger partial charge on any atom is -0.300 e. The number of ketones is 1. The first kappa shape index (κ1) is 11.0. The van der Waals surface area contributed by atoms with Crippen molar-refractivity contribution in [1.29, 1.82) is 0 Å². The fraction of sp³-hybridized carbons (Fsp3) is 0.250. The van der Waals surface area contributed by atoms with E-state index in [1.165, 1.54) is 0 Å². The van der Waals surface area contributed by atoms with E-state index in [4.69, 9.17) is 0 Å². The molecule has 0 aromatic carbocycles. The van der Waals surface area contributed by atoms with Gasteiger partial charge in [-0.2, -0.15) is 0 Å². The van der Waals surface area contributed by atoms with Crippen molar-refractivity contribution in [2.75, 3.05) is 0 Å². The third-order valence-corrected chi connectivity index (χ3v) is 2.97.